The molecular formula is C17H20N2O4. The molecule has 2 aromatic rings. The van der Waals surface area contributed by atoms with Crippen LogP contribution in [0.4, 0.5) is 0 Å². The fourth-order valence-electron chi connectivity index (χ4n) is 2.17. The fourth-order valence-corrected chi connectivity index (χ4v) is 2.17. The smallest absolute Gasteiger partial charge is 0.323 e. The second kappa shape index (κ2) is 7.09. The summed E-state index contributed by atoms with van der Waals surface area (Å²) in [5.74, 6) is -1.48. The maximum Gasteiger partial charge on any atom is 0.323 e. The van der Waals surface area contributed by atoms with Crippen LogP contribution in [0.3, 0.4) is 0 Å². The van der Waals surface area contributed by atoms with Crippen LogP contribution in [0.2, 0.25) is 0 Å². The number of aryl methyl sites for hydroxylation is 1. The first-order valence-corrected chi connectivity index (χ1v) is 7.49. The van der Waals surface area contributed by atoms with Gasteiger partial charge in [0.25, 0.3) is 5.91 Å². The first-order valence-electron chi connectivity index (χ1n) is 7.49. The molecule has 6 heteroatoms. The van der Waals surface area contributed by atoms with Gasteiger partial charge in [-0.2, -0.15) is 0 Å². The molecule has 0 radical (unpaired) electrons. The molecule has 0 saturated carbocycles. The van der Waals surface area contributed by atoms with Crippen molar-refractivity contribution in [3.8, 4) is 11.3 Å². The number of hydrogen-bond donors (Lipinski definition) is 1. The standard InChI is InChI=1S/C17H20N2O4/c1-4-12(3)19(10-16(20)21)17(22)15-9-14(18-23-15)13-7-5-11(2)6-8-13/h5-9,12H,4,10H2,1-3H3,(H,20,21). The lowest BCUT2D eigenvalue weighted by Crippen LogP contribution is -2.41. The van der Waals surface area contributed by atoms with Gasteiger partial charge in [0.1, 0.15) is 12.2 Å². The number of aromatic nitrogens is 1. The van der Waals surface area contributed by atoms with Gasteiger partial charge in [-0.25, -0.2) is 0 Å². The molecule has 1 aromatic carbocycles. The molecule has 1 N–H and O–H groups in total. The van der Waals surface area contributed by atoms with E-state index in [-0.39, 0.29) is 18.3 Å². The monoisotopic (exact) mass is 316 g/mol. The Bertz CT molecular complexity index is 691. The summed E-state index contributed by atoms with van der Waals surface area (Å²) >= 11 is 0. The summed E-state index contributed by atoms with van der Waals surface area (Å²) in [5.41, 5.74) is 2.51. The summed E-state index contributed by atoms with van der Waals surface area (Å²) in [6.45, 7) is 5.31. The normalized spacial score (nSPS) is 12.0. The Morgan fingerprint density at radius 1 is 1.30 bits per heavy atom. The van der Waals surface area contributed by atoms with Crippen molar-refractivity contribution in [3.05, 3.63) is 41.7 Å². The molecule has 2 rings (SSSR count). The average Bonchev–Trinajstić information content (AvgIpc) is 3.01. The van der Waals surface area contributed by atoms with E-state index in [4.69, 9.17) is 9.63 Å². The SMILES string of the molecule is CCC(C)N(CC(=O)O)C(=O)c1cc(-c2ccc(C)cc2)no1. The number of carbonyl (C=O) groups is 2. The molecule has 0 aliphatic carbocycles. The predicted molar refractivity (Wildman–Crippen MR) is 85.1 cm³/mol. The van der Waals surface area contributed by atoms with Gasteiger partial charge in [-0.05, 0) is 20.3 Å². The van der Waals surface area contributed by atoms with Gasteiger partial charge in [-0.15, -0.1) is 0 Å². The molecule has 23 heavy (non-hydrogen) atoms. The lowest BCUT2D eigenvalue weighted by molar-refractivity contribution is -0.138. The zero-order valence-electron chi connectivity index (χ0n) is 13.4. The van der Waals surface area contributed by atoms with E-state index in [0.717, 1.165) is 11.1 Å². The second-order valence-corrected chi connectivity index (χ2v) is 5.53. The molecule has 0 bridgehead atoms. The van der Waals surface area contributed by atoms with Gasteiger partial charge in [0.15, 0.2) is 0 Å². The molecule has 0 aliphatic rings. The minimum absolute atomic E-state index is 0.0436. The Hall–Kier alpha value is -2.63. The zero-order valence-corrected chi connectivity index (χ0v) is 13.4. The lowest BCUT2D eigenvalue weighted by Gasteiger charge is -2.25. The van der Waals surface area contributed by atoms with Gasteiger partial charge in [-0.1, -0.05) is 41.9 Å². The van der Waals surface area contributed by atoms with Crippen LogP contribution in [-0.4, -0.2) is 39.6 Å². The highest BCUT2D eigenvalue weighted by Gasteiger charge is 2.26. The van der Waals surface area contributed by atoms with Crippen LogP contribution in [0.5, 0.6) is 0 Å². The van der Waals surface area contributed by atoms with Crippen LogP contribution in [0.1, 0.15) is 36.4 Å². The third-order valence-electron chi connectivity index (χ3n) is 3.76. The predicted octanol–water partition coefficient (Wildman–Crippen LogP) is 2.98. The largest absolute Gasteiger partial charge is 0.480 e. The van der Waals surface area contributed by atoms with Crippen molar-refractivity contribution >= 4 is 11.9 Å². The van der Waals surface area contributed by atoms with Gasteiger partial charge >= 0.3 is 5.97 Å². The van der Waals surface area contributed by atoms with E-state index in [9.17, 15) is 9.59 Å². The van der Waals surface area contributed by atoms with Crippen molar-refractivity contribution in [1.82, 2.24) is 10.1 Å². The molecule has 122 valence electrons. The third-order valence-corrected chi connectivity index (χ3v) is 3.76. The molecule has 1 aromatic heterocycles. The summed E-state index contributed by atoms with van der Waals surface area (Å²) in [6, 6.07) is 9.02. The van der Waals surface area contributed by atoms with Crippen LogP contribution < -0.4 is 0 Å². The van der Waals surface area contributed by atoms with E-state index in [2.05, 4.69) is 5.16 Å². The van der Waals surface area contributed by atoms with E-state index in [1.54, 1.807) is 13.0 Å². The molecule has 1 atom stereocenters. The Balaban J connectivity index is 2.25. The first kappa shape index (κ1) is 16.7. The fraction of sp³-hybridized carbons (Fsp3) is 0.353. The van der Waals surface area contributed by atoms with Crippen LogP contribution in [0, 0.1) is 6.92 Å². The summed E-state index contributed by atoms with van der Waals surface area (Å²) in [5, 5.41) is 12.9. The Labute approximate surface area is 134 Å². The Kier molecular flexibility index (Phi) is 5.16. The van der Waals surface area contributed by atoms with Crippen LogP contribution in [-0.2, 0) is 4.79 Å². The molecule has 0 saturated heterocycles. The number of carbonyl (C=O) groups excluding carboxylic acids is 1. The number of carboxylic acid groups (broad SMARTS) is 1. The molecular weight excluding hydrogens is 296 g/mol. The lowest BCUT2D eigenvalue weighted by atomic mass is 10.1. The van der Waals surface area contributed by atoms with Gasteiger partial charge < -0.3 is 14.5 Å². The van der Waals surface area contributed by atoms with Crippen molar-refractivity contribution in [1.29, 1.82) is 0 Å². The number of rotatable bonds is 6. The van der Waals surface area contributed by atoms with Crippen LogP contribution >= 0.6 is 0 Å². The van der Waals surface area contributed by atoms with Gasteiger partial charge in [0.05, 0.1) is 0 Å². The van der Waals surface area contributed by atoms with E-state index < -0.39 is 11.9 Å². The summed E-state index contributed by atoms with van der Waals surface area (Å²) in [7, 11) is 0. The van der Waals surface area contributed by atoms with E-state index >= 15 is 0 Å². The van der Waals surface area contributed by atoms with Gasteiger partial charge in [0, 0.05) is 17.7 Å². The molecule has 0 spiro atoms. The van der Waals surface area contributed by atoms with E-state index in [0.29, 0.717) is 12.1 Å². The zero-order chi connectivity index (χ0) is 17.0. The molecule has 1 amide bonds. The molecule has 6 nitrogen and oxygen atoms in total. The Morgan fingerprint density at radius 3 is 2.52 bits per heavy atom. The van der Waals surface area contributed by atoms with Crippen molar-refractivity contribution in [2.75, 3.05) is 6.54 Å². The molecule has 0 aliphatic heterocycles. The highest BCUT2D eigenvalue weighted by Crippen LogP contribution is 2.21. The van der Waals surface area contributed by atoms with Gasteiger partial charge in [-0.3, -0.25) is 9.59 Å². The van der Waals surface area contributed by atoms with E-state index in [1.165, 1.54) is 4.90 Å². The minimum Gasteiger partial charge on any atom is -0.480 e. The highest BCUT2D eigenvalue weighted by atomic mass is 16.5. The average molecular weight is 316 g/mol. The summed E-state index contributed by atoms with van der Waals surface area (Å²) < 4.78 is 5.13. The maximum atomic E-state index is 12.5. The van der Waals surface area contributed by atoms with E-state index in [1.807, 2.05) is 38.1 Å². The highest BCUT2D eigenvalue weighted by molar-refractivity contribution is 5.94. The summed E-state index contributed by atoms with van der Waals surface area (Å²) in [4.78, 5) is 24.8. The van der Waals surface area contributed by atoms with Crippen LogP contribution in [0.15, 0.2) is 34.9 Å². The van der Waals surface area contributed by atoms with Crippen LogP contribution in [0.25, 0.3) is 11.3 Å². The number of carboxylic acids is 1. The molecule has 1 heterocycles. The van der Waals surface area contributed by atoms with Crippen molar-refractivity contribution in [3.63, 3.8) is 0 Å². The Morgan fingerprint density at radius 2 is 1.96 bits per heavy atom. The van der Waals surface area contributed by atoms with Crippen molar-refractivity contribution < 1.29 is 19.2 Å². The second-order valence-electron chi connectivity index (χ2n) is 5.53. The number of hydrogen-bond acceptors (Lipinski definition) is 4. The van der Waals surface area contributed by atoms with Crippen molar-refractivity contribution in [2.45, 2.75) is 33.2 Å². The third kappa shape index (κ3) is 3.97. The summed E-state index contributed by atoms with van der Waals surface area (Å²) in [6.07, 6.45) is 0.651. The number of nitrogens with zero attached hydrogens (tertiary/aromatic N) is 2. The number of aliphatic carboxylic acids is 1. The molecule has 1 unspecified atom stereocenters. The van der Waals surface area contributed by atoms with Gasteiger partial charge in [0.2, 0.25) is 5.76 Å². The number of amides is 1. The quantitative estimate of drug-likeness (QED) is 0.885. The topological polar surface area (TPSA) is 83.6 Å². The first-order chi connectivity index (χ1) is 10.9. The number of benzene rings is 1. The minimum atomic E-state index is -1.06. The van der Waals surface area contributed by atoms with Crippen molar-refractivity contribution in [2.24, 2.45) is 0 Å². The molecule has 0 fully saturated rings. The maximum absolute atomic E-state index is 12.5.